The molecule has 0 spiro atoms. The summed E-state index contributed by atoms with van der Waals surface area (Å²) in [5, 5.41) is 4.36. The van der Waals surface area contributed by atoms with E-state index in [2.05, 4.69) is 71.1 Å². The first kappa shape index (κ1) is 21.8. The highest BCUT2D eigenvalue weighted by Gasteiger charge is 2.14. The molecule has 2 aromatic heterocycles. The number of benzene rings is 1. The van der Waals surface area contributed by atoms with Gasteiger partial charge in [0.1, 0.15) is 12.4 Å². The topological polar surface area (TPSA) is 58.5 Å². The molecule has 3 aromatic rings. The van der Waals surface area contributed by atoms with E-state index < -0.39 is 8.07 Å². The summed E-state index contributed by atoms with van der Waals surface area (Å²) in [7, 11) is 1.10. The molecule has 8 heteroatoms. The highest BCUT2D eigenvalue weighted by molar-refractivity contribution is 6.76. The summed E-state index contributed by atoms with van der Waals surface area (Å²) in [6, 6.07) is 11.7. The Kier molecular flexibility index (Phi) is 6.59. The molecule has 0 saturated carbocycles. The van der Waals surface area contributed by atoms with Crippen LogP contribution in [0, 0.1) is 0 Å². The second-order valence-electron chi connectivity index (χ2n) is 9.57. The molecular weight excluding hydrogens is 404 g/mol. The summed E-state index contributed by atoms with van der Waals surface area (Å²) in [5.74, 6) is 0.599. The quantitative estimate of drug-likeness (QED) is 0.419. The monoisotopic (exact) mass is 438 g/mol. The average molecular weight is 439 g/mol. The van der Waals surface area contributed by atoms with Crippen LogP contribution in [-0.4, -0.2) is 67.3 Å². The van der Waals surface area contributed by atoms with Crippen molar-refractivity contribution in [3.8, 4) is 0 Å². The molecule has 1 aliphatic rings. The van der Waals surface area contributed by atoms with Crippen molar-refractivity contribution in [2.45, 2.75) is 32.4 Å². The minimum atomic E-state index is -1.08. The third-order valence-corrected chi connectivity index (χ3v) is 7.42. The van der Waals surface area contributed by atoms with Crippen LogP contribution in [0.25, 0.3) is 11.0 Å². The maximum atomic E-state index is 5.91. The van der Waals surface area contributed by atoms with Gasteiger partial charge in [-0.2, -0.15) is 4.98 Å². The van der Waals surface area contributed by atoms with Gasteiger partial charge >= 0.3 is 0 Å². The largest absolute Gasteiger partial charge is 0.369 e. The van der Waals surface area contributed by atoms with E-state index in [4.69, 9.17) is 9.72 Å². The van der Waals surface area contributed by atoms with Gasteiger partial charge < -0.3 is 24.4 Å². The molecule has 1 aromatic carbocycles. The second-order valence-corrected chi connectivity index (χ2v) is 15.2. The van der Waals surface area contributed by atoms with Crippen molar-refractivity contribution in [3.05, 3.63) is 42.7 Å². The molecule has 0 bridgehead atoms. The molecule has 3 heterocycles. The molecule has 1 saturated heterocycles. The van der Waals surface area contributed by atoms with Crippen LogP contribution in [0.3, 0.4) is 0 Å². The van der Waals surface area contributed by atoms with Crippen LogP contribution in [0.1, 0.15) is 0 Å². The predicted octanol–water partition coefficient (Wildman–Crippen LogP) is 4.24. The normalized spacial score (nSPS) is 15.5. The molecule has 166 valence electrons. The highest BCUT2D eigenvalue weighted by atomic mass is 28.3. The first-order valence-electron chi connectivity index (χ1n) is 11.1. The van der Waals surface area contributed by atoms with Gasteiger partial charge in [-0.1, -0.05) is 19.6 Å². The molecule has 1 fully saturated rings. The van der Waals surface area contributed by atoms with E-state index in [1.54, 1.807) is 0 Å². The number of nitrogens with zero attached hydrogens (tertiary/aromatic N) is 5. The minimum absolute atomic E-state index is 0.518. The summed E-state index contributed by atoms with van der Waals surface area (Å²) in [5.41, 5.74) is 3.14. The third-order valence-electron chi connectivity index (χ3n) is 5.72. The summed E-state index contributed by atoms with van der Waals surface area (Å²) < 4.78 is 7.95. The van der Waals surface area contributed by atoms with Gasteiger partial charge in [-0.05, 0) is 43.4 Å². The zero-order valence-corrected chi connectivity index (χ0v) is 20.1. The SMILES string of the molecule is CN1CCN(c2ccc(Nc3ncc4ccn(COCC[Si](C)(C)C)c4n3)cc2)CC1. The number of likely N-dealkylation sites (N-methyl/N-ethyl adjacent to an activating group) is 1. The lowest BCUT2D eigenvalue weighted by molar-refractivity contribution is 0.0899. The van der Waals surface area contributed by atoms with Gasteiger partial charge in [0.25, 0.3) is 0 Å². The Balaban J connectivity index is 1.39. The molecule has 4 rings (SSSR count). The maximum absolute atomic E-state index is 5.91. The molecule has 0 radical (unpaired) electrons. The summed E-state index contributed by atoms with van der Waals surface area (Å²) in [6.45, 7) is 12.8. The highest BCUT2D eigenvalue weighted by Crippen LogP contribution is 2.22. The lowest BCUT2D eigenvalue weighted by Gasteiger charge is -2.34. The average Bonchev–Trinajstić information content (AvgIpc) is 3.14. The van der Waals surface area contributed by atoms with Crippen LogP contribution in [0.4, 0.5) is 17.3 Å². The standard InChI is InChI=1S/C23H34N6OSi/c1-27-11-13-28(14-12-27)21-7-5-20(6-8-21)25-23-24-17-19-9-10-29(22(19)26-23)18-30-15-16-31(2,3)4/h5-10,17H,11-16,18H2,1-4H3,(H,24,25,26). The van der Waals surface area contributed by atoms with Crippen LogP contribution in [0.2, 0.25) is 25.7 Å². The van der Waals surface area contributed by atoms with Crippen LogP contribution >= 0.6 is 0 Å². The maximum Gasteiger partial charge on any atom is 0.229 e. The van der Waals surface area contributed by atoms with Gasteiger partial charge in [-0.3, -0.25) is 0 Å². The number of rotatable bonds is 8. The fourth-order valence-electron chi connectivity index (χ4n) is 3.63. The van der Waals surface area contributed by atoms with Crippen LogP contribution in [0.15, 0.2) is 42.7 Å². The van der Waals surface area contributed by atoms with E-state index in [0.29, 0.717) is 12.7 Å². The second kappa shape index (κ2) is 9.38. The Morgan fingerprint density at radius 2 is 1.77 bits per heavy atom. The first-order valence-corrected chi connectivity index (χ1v) is 14.8. The van der Waals surface area contributed by atoms with Gasteiger partial charge in [0.2, 0.25) is 5.95 Å². The smallest absolute Gasteiger partial charge is 0.229 e. The molecular formula is C23H34N6OSi. The number of nitrogens with one attached hydrogen (secondary N) is 1. The summed E-state index contributed by atoms with van der Waals surface area (Å²) in [4.78, 5) is 14.0. The molecule has 7 nitrogen and oxygen atoms in total. The zero-order valence-electron chi connectivity index (χ0n) is 19.1. The molecule has 1 N–H and O–H groups in total. The van der Waals surface area contributed by atoms with Crippen LogP contribution in [-0.2, 0) is 11.5 Å². The number of anilines is 3. The first-order chi connectivity index (χ1) is 14.9. The van der Waals surface area contributed by atoms with Gasteiger partial charge in [0, 0.05) is 70.0 Å². The fourth-order valence-corrected chi connectivity index (χ4v) is 4.38. The summed E-state index contributed by atoms with van der Waals surface area (Å²) >= 11 is 0. The Morgan fingerprint density at radius 3 is 2.48 bits per heavy atom. The molecule has 0 unspecified atom stereocenters. The zero-order chi connectivity index (χ0) is 21.8. The van der Waals surface area contributed by atoms with Gasteiger partial charge in [0.05, 0.1) is 0 Å². The Hall–Kier alpha value is -2.42. The molecule has 0 atom stereocenters. The predicted molar refractivity (Wildman–Crippen MR) is 131 cm³/mol. The Morgan fingerprint density at radius 1 is 1.03 bits per heavy atom. The van der Waals surface area contributed by atoms with Crippen molar-refractivity contribution in [1.82, 2.24) is 19.4 Å². The van der Waals surface area contributed by atoms with E-state index >= 15 is 0 Å². The van der Waals surface area contributed by atoms with E-state index in [-0.39, 0.29) is 0 Å². The van der Waals surface area contributed by atoms with Gasteiger partial charge in [-0.15, -0.1) is 0 Å². The number of hydrogen-bond acceptors (Lipinski definition) is 6. The molecule has 31 heavy (non-hydrogen) atoms. The Labute approximate surface area is 186 Å². The number of fused-ring (bicyclic) bond motifs is 1. The third kappa shape index (κ3) is 5.84. The fraction of sp³-hybridized carbons (Fsp3) is 0.478. The van der Waals surface area contributed by atoms with E-state index in [0.717, 1.165) is 55.6 Å². The van der Waals surface area contributed by atoms with E-state index in [9.17, 15) is 0 Å². The van der Waals surface area contributed by atoms with Crippen molar-refractivity contribution >= 4 is 36.4 Å². The van der Waals surface area contributed by atoms with Crippen molar-refractivity contribution in [2.24, 2.45) is 0 Å². The molecule has 1 aliphatic heterocycles. The number of hydrogen-bond donors (Lipinski definition) is 1. The minimum Gasteiger partial charge on any atom is -0.369 e. The van der Waals surface area contributed by atoms with Gasteiger partial charge in [-0.25, -0.2) is 4.98 Å². The van der Waals surface area contributed by atoms with Gasteiger partial charge in [0.15, 0.2) is 0 Å². The molecule has 0 amide bonds. The number of piperazine rings is 1. The molecule has 0 aliphatic carbocycles. The van der Waals surface area contributed by atoms with Crippen LogP contribution < -0.4 is 10.2 Å². The van der Waals surface area contributed by atoms with E-state index in [1.807, 2.05) is 23.0 Å². The van der Waals surface area contributed by atoms with E-state index in [1.165, 1.54) is 5.69 Å². The summed E-state index contributed by atoms with van der Waals surface area (Å²) in [6.07, 6.45) is 3.88. The van der Waals surface area contributed by atoms with Crippen LogP contribution in [0.5, 0.6) is 0 Å². The van der Waals surface area contributed by atoms with Crippen molar-refractivity contribution < 1.29 is 4.74 Å². The lowest BCUT2D eigenvalue weighted by Crippen LogP contribution is -2.44. The van der Waals surface area contributed by atoms with Crippen molar-refractivity contribution in [1.29, 1.82) is 0 Å². The van der Waals surface area contributed by atoms with Crippen molar-refractivity contribution in [3.63, 3.8) is 0 Å². The lowest BCUT2D eigenvalue weighted by atomic mass is 10.2. The Bertz CT molecular complexity index is 989. The van der Waals surface area contributed by atoms with Crippen molar-refractivity contribution in [2.75, 3.05) is 50.1 Å². The number of aromatic nitrogens is 3. The number of ether oxygens (including phenoxy) is 1.